The van der Waals surface area contributed by atoms with Crippen molar-refractivity contribution in [1.29, 1.82) is 0 Å². The van der Waals surface area contributed by atoms with Crippen molar-refractivity contribution in [3.05, 3.63) is 0 Å². The van der Waals surface area contributed by atoms with Crippen LogP contribution in [0, 0.1) is 11.8 Å². The fourth-order valence-electron chi connectivity index (χ4n) is 3.70. The summed E-state index contributed by atoms with van der Waals surface area (Å²) in [5.74, 6) is -4.41. The third kappa shape index (κ3) is 8.06. The van der Waals surface area contributed by atoms with Crippen LogP contribution in [0.5, 0.6) is 0 Å². The van der Waals surface area contributed by atoms with Crippen LogP contribution < -0.4 is 16.4 Å². The highest BCUT2D eigenvalue weighted by molar-refractivity contribution is 6.07. The van der Waals surface area contributed by atoms with E-state index in [-0.39, 0.29) is 6.54 Å². The highest BCUT2D eigenvalue weighted by Gasteiger charge is 2.43. The summed E-state index contributed by atoms with van der Waals surface area (Å²) in [7, 11) is 0. The smallest absolute Gasteiger partial charge is 0.408 e. The lowest BCUT2D eigenvalue weighted by molar-refractivity contribution is -0.145. The zero-order valence-corrected chi connectivity index (χ0v) is 20.4. The Bertz CT molecular complexity index is 764. The normalized spacial score (nSPS) is 19.9. The minimum atomic E-state index is -2.27. The Morgan fingerprint density at radius 3 is 2.09 bits per heavy atom. The molecule has 33 heavy (non-hydrogen) atoms. The minimum Gasteiger partial charge on any atom is -0.444 e. The van der Waals surface area contributed by atoms with Crippen molar-refractivity contribution in [1.82, 2.24) is 15.5 Å². The first-order valence-corrected chi connectivity index (χ1v) is 11.1. The number of hydrogen-bond acceptors (Lipinski definition) is 7. The van der Waals surface area contributed by atoms with Crippen LogP contribution in [-0.4, -0.2) is 70.9 Å². The van der Waals surface area contributed by atoms with Gasteiger partial charge in [0.15, 0.2) is 11.6 Å². The van der Waals surface area contributed by atoms with E-state index >= 15 is 0 Å². The van der Waals surface area contributed by atoms with E-state index in [0.717, 1.165) is 0 Å². The predicted molar refractivity (Wildman–Crippen MR) is 119 cm³/mol. The van der Waals surface area contributed by atoms with Crippen LogP contribution in [0.15, 0.2) is 0 Å². The van der Waals surface area contributed by atoms with Gasteiger partial charge in [-0.2, -0.15) is 0 Å². The summed E-state index contributed by atoms with van der Waals surface area (Å²) < 4.78 is 18.6. The minimum absolute atomic E-state index is 0.266. The van der Waals surface area contributed by atoms with Gasteiger partial charge in [0, 0.05) is 6.54 Å². The Balaban J connectivity index is 2.83. The van der Waals surface area contributed by atoms with Gasteiger partial charge in [-0.3, -0.25) is 24.9 Å². The van der Waals surface area contributed by atoms with Crippen molar-refractivity contribution < 1.29 is 33.1 Å². The summed E-state index contributed by atoms with van der Waals surface area (Å²) in [5.41, 5.74) is 4.34. The first-order chi connectivity index (χ1) is 15.1. The number of amides is 3. The molecule has 1 aliphatic heterocycles. The zero-order valence-electron chi connectivity index (χ0n) is 20.4. The van der Waals surface area contributed by atoms with Crippen LogP contribution in [0.3, 0.4) is 0 Å². The number of alkyl halides is 1. The Labute approximate surface area is 194 Å². The summed E-state index contributed by atoms with van der Waals surface area (Å²) in [6, 6.07) is -2.87. The number of carbonyl (C=O) groups is 5. The summed E-state index contributed by atoms with van der Waals surface area (Å²) in [4.78, 5) is 63.8. The van der Waals surface area contributed by atoms with Crippen LogP contribution in [0.4, 0.5) is 9.18 Å². The fraction of sp³-hybridized carbons (Fsp3) is 0.773. The Morgan fingerprint density at radius 1 is 1.03 bits per heavy atom. The van der Waals surface area contributed by atoms with Gasteiger partial charge in [0.25, 0.3) is 0 Å². The number of ether oxygens (including phenoxy) is 1. The molecule has 0 aromatic rings. The summed E-state index contributed by atoms with van der Waals surface area (Å²) in [6.45, 7) is 11.5. The Morgan fingerprint density at radius 2 is 1.61 bits per heavy atom. The molecule has 1 saturated heterocycles. The fourth-order valence-corrected chi connectivity index (χ4v) is 3.70. The second-order valence-electron chi connectivity index (χ2n) is 9.72. The van der Waals surface area contributed by atoms with Crippen LogP contribution in [0.25, 0.3) is 0 Å². The third-order valence-corrected chi connectivity index (χ3v) is 5.27. The number of halogens is 1. The van der Waals surface area contributed by atoms with Crippen molar-refractivity contribution in [3.8, 4) is 0 Å². The number of nitrogens with two attached hydrogens (primary N) is 1. The SMILES string of the molecule is CC(NC(=O)OC(C)(C)C)C(=O)NC(C)C(=O)N1CCCC1C(=O)C(C(=O)C(N)F)C(C)C. The molecule has 0 aliphatic carbocycles. The van der Waals surface area contributed by atoms with Crippen LogP contribution in [0.1, 0.15) is 61.3 Å². The number of nitrogens with zero attached hydrogens (tertiary/aromatic N) is 1. The molecule has 0 aromatic heterocycles. The van der Waals surface area contributed by atoms with Crippen LogP contribution >= 0.6 is 0 Å². The van der Waals surface area contributed by atoms with E-state index in [1.54, 1.807) is 34.6 Å². The molecule has 0 radical (unpaired) electrons. The van der Waals surface area contributed by atoms with E-state index in [1.165, 1.54) is 18.7 Å². The molecule has 1 aliphatic rings. The molecule has 5 atom stereocenters. The number of hydrogen-bond donors (Lipinski definition) is 3. The number of rotatable bonds is 9. The number of likely N-dealkylation sites (tertiary alicyclic amines) is 1. The first-order valence-electron chi connectivity index (χ1n) is 11.1. The van der Waals surface area contributed by atoms with Crippen LogP contribution in [-0.2, 0) is 23.9 Å². The number of alkyl carbamates (subject to hydrolysis) is 1. The number of Topliss-reactive ketones (excluding diaryl/α,β-unsaturated/α-hetero) is 2. The predicted octanol–water partition coefficient (Wildman–Crippen LogP) is 1.06. The Hall–Kier alpha value is -2.56. The van der Waals surface area contributed by atoms with Gasteiger partial charge in [-0.25, -0.2) is 9.18 Å². The maximum absolute atomic E-state index is 13.4. The quantitative estimate of drug-likeness (QED) is 0.336. The molecule has 1 rings (SSSR count). The molecular weight excluding hydrogens is 435 g/mol. The number of carbonyl (C=O) groups excluding carboxylic acids is 5. The van der Waals surface area contributed by atoms with Gasteiger partial charge in [-0.05, 0) is 53.4 Å². The number of nitrogens with one attached hydrogen (secondary N) is 2. The third-order valence-electron chi connectivity index (χ3n) is 5.27. The van der Waals surface area contributed by atoms with Crippen molar-refractivity contribution in [2.75, 3.05) is 6.54 Å². The van der Waals surface area contributed by atoms with E-state index in [2.05, 4.69) is 10.6 Å². The maximum atomic E-state index is 13.4. The Kier molecular flexibility index (Phi) is 9.95. The standard InChI is InChI=1S/C22H37FN4O6/c1-11(2)15(17(29)18(23)24)16(28)14-9-8-10-27(14)20(31)13(4)25-19(30)12(3)26-21(32)33-22(5,6)7/h11-15,18H,8-10,24H2,1-7H3,(H,25,30)(H,26,32). The second-order valence-corrected chi connectivity index (χ2v) is 9.72. The molecule has 5 unspecified atom stereocenters. The van der Waals surface area contributed by atoms with Crippen LogP contribution in [0.2, 0.25) is 0 Å². The molecule has 188 valence electrons. The summed E-state index contributed by atoms with van der Waals surface area (Å²) in [5, 5.41) is 4.91. The summed E-state index contributed by atoms with van der Waals surface area (Å²) >= 11 is 0. The van der Waals surface area contributed by atoms with Gasteiger partial charge >= 0.3 is 6.09 Å². The molecule has 4 N–H and O–H groups in total. The average molecular weight is 473 g/mol. The van der Waals surface area contributed by atoms with E-state index in [4.69, 9.17) is 10.5 Å². The lowest BCUT2D eigenvalue weighted by atomic mass is 9.83. The van der Waals surface area contributed by atoms with E-state index in [1.807, 2.05) is 0 Å². The molecule has 11 heteroatoms. The van der Waals surface area contributed by atoms with E-state index < -0.39 is 71.3 Å². The van der Waals surface area contributed by atoms with Gasteiger partial charge in [-0.1, -0.05) is 13.8 Å². The topological polar surface area (TPSA) is 148 Å². The highest BCUT2D eigenvalue weighted by atomic mass is 19.1. The van der Waals surface area contributed by atoms with Crippen molar-refractivity contribution in [2.45, 2.75) is 91.3 Å². The van der Waals surface area contributed by atoms with Gasteiger partial charge < -0.3 is 20.3 Å². The maximum Gasteiger partial charge on any atom is 0.408 e. The molecule has 0 saturated carbocycles. The van der Waals surface area contributed by atoms with E-state index in [9.17, 15) is 28.4 Å². The van der Waals surface area contributed by atoms with E-state index in [0.29, 0.717) is 12.8 Å². The average Bonchev–Trinajstić information content (AvgIpc) is 3.14. The lowest BCUT2D eigenvalue weighted by Crippen LogP contribution is -2.55. The highest BCUT2D eigenvalue weighted by Crippen LogP contribution is 2.26. The molecule has 0 aromatic carbocycles. The zero-order chi connectivity index (χ0) is 25.7. The molecule has 0 spiro atoms. The van der Waals surface area contributed by atoms with Crippen molar-refractivity contribution in [3.63, 3.8) is 0 Å². The van der Waals surface area contributed by atoms with Crippen molar-refractivity contribution in [2.24, 2.45) is 17.6 Å². The monoisotopic (exact) mass is 472 g/mol. The molecule has 10 nitrogen and oxygen atoms in total. The molecule has 1 fully saturated rings. The lowest BCUT2D eigenvalue weighted by Gasteiger charge is -2.30. The van der Waals surface area contributed by atoms with Gasteiger partial charge in [0.05, 0.1) is 12.0 Å². The van der Waals surface area contributed by atoms with Gasteiger partial charge in [0.1, 0.15) is 17.7 Å². The second kappa shape index (κ2) is 11.5. The molecule has 0 bridgehead atoms. The molecule has 3 amide bonds. The van der Waals surface area contributed by atoms with Gasteiger partial charge in [-0.15, -0.1) is 0 Å². The summed E-state index contributed by atoms with van der Waals surface area (Å²) in [6.07, 6.45) is -2.19. The number of ketones is 2. The van der Waals surface area contributed by atoms with Crippen molar-refractivity contribution >= 4 is 29.5 Å². The largest absolute Gasteiger partial charge is 0.444 e. The first kappa shape index (κ1) is 28.5. The van der Waals surface area contributed by atoms with Gasteiger partial charge in [0.2, 0.25) is 18.1 Å². The molecule has 1 heterocycles. The molecular formula is C22H37FN4O6.